The van der Waals surface area contributed by atoms with Crippen molar-refractivity contribution in [3.63, 3.8) is 0 Å². The van der Waals surface area contributed by atoms with Gasteiger partial charge in [-0.3, -0.25) is 9.59 Å². The Morgan fingerprint density at radius 1 is 0.958 bits per heavy atom. The fourth-order valence-corrected chi connectivity index (χ4v) is 11.0. The molecule has 5 aliphatic rings. The van der Waals surface area contributed by atoms with Crippen LogP contribution in [0.2, 0.25) is 0 Å². The van der Waals surface area contributed by atoms with Crippen molar-refractivity contribution in [2.75, 3.05) is 13.2 Å². The van der Waals surface area contributed by atoms with Crippen molar-refractivity contribution in [1.29, 1.82) is 0 Å². The van der Waals surface area contributed by atoms with Crippen molar-refractivity contribution in [3.8, 4) is 0 Å². The van der Waals surface area contributed by atoms with Crippen LogP contribution in [0.4, 0.5) is 0 Å². The van der Waals surface area contributed by atoms with Gasteiger partial charge in [-0.05, 0) is 91.9 Å². The molecule has 8 N–H and O–H groups in total. The molecule has 12 heteroatoms. The Balaban J connectivity index is 1.52. The van der Waals surface area contributed by atoms with Crippen molar-refractivity contribution in [2.24, 2.45) is 44.8 Å². The lowest BCUT2D eigenvalue weighted by atomic mass is 9.34. The molecule has 16 atom stereocenters. The average Bonchev–Trinajstić information content (AvgIpc) is 3.04. The van der Waals surface area contributed by atoms with Crippen LogP contribution in [0.3, 0.4) is 0 Å². The van der Waals surface area contributed by atoms with E-state index in [-0.39, 0.29) is 42.0 Å². The molecule has 274 valence electrons. The zero-order chi connectivity index (χ0) is 35.8. The molecular formula is C36H58O12. The summed E-state index contributed by atoms with van der Waals surface area (Å²) in [6, 6.07) is 0. The standard InChI is InChI=1S/C36H58O12/c1-18(19(2)39)7-10-36(31(46)48-30-28(44)27(43)26(42)23(16-37)47-30)12-11-34(5)20(14-36)21(40)13-25-32(3)15-22(41)29(45)33(4,17-38)24(32)8-9-35(25,34)6/h14,18,21-30,37-38,40-45H,7-13,15-17H2,1-6H3/t18?,21-,22-,23-,24-,25-,26-,27+,28-,29+,30+,32+,33+,34-,35-,36+/m1/s1. The van der Waals surface area contributed by atoms with E-state index in [0.717, 1.165) is 6.42 Å². The number of carbonyl (C=O) groups is 2. The highest BCUT2D eigenvalue weighted by Crippen LogP contribution is 2.74. The minimum absolute atomic E-state index is 0.0338. The van der Waals surface area contributed by atoms with Crippen LogP contribution in [0.5, 0.6) is 0 Å². The summed E-state index contributed by atoms with van der Waals surface area (Å²) in [5.41, 5.74) is -2.94. The Labute approximate surface area is 283 Å². The van der Waals surface area contributed by atoms with Gasteiger partial charge in [0, 0.05) is 11.3 Å². The Morgan fingerprint density at radius 3 is 2.23 bits per heavy atom. The quantitative estimate of drug-likeness (QED) is 0.133. The minimum Gasteiger partial charge on any atom is -0.432 e. The number of carbonyl (C=O) groups excluding carboxylic acids is 2. The first-order chi connectivity index (χ1) is 22.3. The first kappa shape index (κ1) is 37.8. The van der Waals surface area contributed by atoms with Crippen molar-refractivity contribution in [2.45, 2.75) is 142 Å². The van der Waals surface area contributed by atoms with Gasteiger partial charge in [-0.15, -0.1) is 0 Å². The molecule has 0 bridgehead atoms. The van der Waals surface area contributed by atoms with Crippen LogP contribution in [0, 0.1) is 44.8 Å². The predicted molar refractivity (Wildman–Crippen MR) is 172 cm³/mol. The van der Waals surface area contributed by atoms with Gasteiger partial charge in [0.2, 0.25) is 6.29 Å². The summed E-state index contributed by atoms with van der Waals surface area (Å²) in [6.45, 7) is 10.7. The van der Waals surface area contributed by atoms with Crippen molar-refractivity contribution < 1.29 is 59.9 Å². The smallest absolute Gasteiger partial charge is 0.318 e. The summed E-state index contributed by atoms with van der Waals surface area (Å²) in [6.07, 6.45) is -5.72. The Bertz CT molecular complexity index is 1270. The van der Waals surface area contributed by atoms with E-state index in [9.17, 15) is 50.4 Å². The molecule has 0 aromatic heterocycles. The molecule has 48 heavy (non-hydrogen) atoms. The molecule has 0 aromatic carbocycles. The minimum atomic E-state index is -1.77. The maximum absolute atomic E-state index is 14.3. The number of rotatable bonds is 8. The fourth-order valence-electron chi connectivity index (χ4n) is 11.0. The summed E-state index contributed by atoms with van der Waals surface area (Å²) < 4.78 is 11.2. The number of ketones is 1. The maximum Gasteiger partial charge on any atom is 0.318 e. The number of fused-ring (bicyclic) bond motifs is 5. The van der Waals surface area contributed by atoms with Gasteiger partial charge in [0.25, 0.3) is 0 Å². The van der Waals surface area contributed by atoms with Crippen molar-refractivity contribution in [1.82, 2.24) is 0 Å². The first-order valence-electron chi connectivity index (χ1n) is 17.7. The third-order valence-electron chi connectivity index (χ3n) is 14.6. The third kappa shape index (κ3) is 5.53. The molecule has 5 rings (SSSR count). The molecule has 0 radical (unpaired) electrons. The second-order valence-electron chi connectivity index (χ2n) is 16.9. The summed E-state index contributed by atoms with van der Waals surface area (Å²) in [4.78, 5) is 26.5. The lowest BCUT2D eigenvalue weighted by Crippen LogP contribution is -2.68. The van der Waals surface area contributed by atoms with Crippen molar-refractivity contribution in [3.05, 3.63) is 11.6 Å². The number of aliphatic hydroxyl groups excluding tert-OH is 8. The van der Waals surface area contributed by atoms with Gasteiger partial charge in [0.15, 0.2) is 0 Å². The topological polar surface area (TPSA) is 214 Å². The van der Waals surface area contributed by atoms with Crippen LogP contribution in [-0.2, 0) is 19.1 Å². The zero-order valence-electron chi connectivity index (χ0n) is 29.2. The first-order valence-corrected chi connectivity index (χ1v) is 17.7. The van der Waals surface area contributed by atoms with E-state index in [1.54, 1.807) is 6.92 Å². The van der Waals surface area contributed by atoms with Crippen LogP contribution < -0.4 is 0 Å². The highest BCUT2D eigenvalue weighted by Gasteiger charge is 2.70. The average molecular weight is 683 g/mol. The molecule has 3 saturated carbocycles. The molecule has 1 saturated heterocycles. The molecule has 4 fully saturated rings. The Kier molecular flexibility index (Phi) is 10.2. The Hall–Kier alpha value is -1.48. The summed E-state index contributed by atoms with van der Waals surface area (Å²) in [7, 11) is 0. The molecule has 0 aromatic rings. The molecule has 4 aliphatic carbocycles. The van der Waals surface area contributed by atoms with Crippen LogP contribution >= 0.6 is 0 Å². The zero-order valence-corrected chi connectivity index (χ0v) is 29.2. The molecule has 0 spiro atoms. The predicted octanol–water partition coefficient (Wildman–Crippen LogP) is 0.975. The highest BCUT2D eigenvalue weighted by atomic mass is 16.7. The summed E-state index contributed by atoms with van der Waals surface area (Å²) >= 11 is 0. The summed E-state index contributed by atoms with van der Waals surface area (Å²) in [5.74, 6) is -1.29. The molecule has 0 amide bonds. The maximum atomic E-state index is 14.3. The van der Waals surface area contributed by atoms with E-state index in [4.69, 9.17) is 9.47 Å². The van der Waals surface area contributed by atoms with Gasteiger partial charge in [-0.2, -0.15) is 0 Å². The number of hydrogen-bond acceptors (Lipinski definition) is 12. The van der Waals surface area contributed by atoms with Crippen LogP contribution in [0.25, 0.3) is 0 Å². The van der Waals surface area contributed by atoms with Gasteiger partial charge in [0.1, 0.15) is 30.2 Å². The fraction of sp³-hybridized carbons (Fsp3) is 0.889. The second kappa shape index (κ2) is 12.9. The largest absolute Gasteiger partial charge is 0.432 e. The molecule has 12 nitrogen and oxygen atoms in total. The normalized spacial score (nSPS) is 51.1. The van der Waals surface area contributed by atoms with Gasteiger partial charge < -0.3 is 50.3 Å². The van der Waals surface area contributed by atoms with E-state index >= 15 is 0 Å². The molecule has 1 heterocycles. The number of aliphatic hydroxyl groups is 8. The monoisotopic (exact) mass is 682 g/mol. The number of ether oxygens (including phenoxy) is 2. The van der Waals surface area contributed by atoms with E-state index in [0.29, 0.717) is 44.1 Å². The van der Waals surface area contributed by atoms with E-state index in [2.05, 4.69) is 20.8 Å². The van der Waals surface area contributed by atoms with E-state index in [1.807, 2.05) is 13.0 Å². The molecular weight excluding hydrogens is 624 g/mol. The second-order valence-corrected chi connectivity index (χ2v) is 16.9. The van der Waals surface area contributed by atoms with Crippen LogP contribution in [0.15, 0.2) is 11.6 Å². The van der Waals surface area contributed by atoms with E-state index < -0.39 is 83.3 Å². The lowest BCUT2D eigenvalue weighted by Gasteiger charge is -2.71. The number of esters is 1. The van der Waals surface area contributed by atoms with Crippen LogP contribution in [0.1, 0.15) is 92.9 Å². The molecule has 1 aliphatic heterocycles. The summed E-state index contributed by atoms with van der Waals surface area (Å²) in [5, 5.41) is 85.5. The third-order valence-corrected chi connectivity index (χ3v) is 14.6. The lowest BCUT2D eigenvalue weighted by molar-refractivity contribution is -0.295. The van der Waals surface area contributed by atoms with Gasteiger partial charge in [-0.1, -0.05) is 40.7 Å². The van der Waals surface area contributed by atoms with Crippen molar-refractivity contribution >= 4 is 11.8 Å². The Morgan fingerprint density at radius 2 is 1.62 bits per heavy atom. The van der Waals surface area contributed by atoms with E-state index in [1.165, 1.54) is 6.92 Å². The van der Waals surface area contributed by atoms with Crippen LogP contribution in [-0.4, -0.2) is 115 Å². The highest BCUT2D eigenvalue weighted by molar-refractivity contribution is 5.81. The molecule has 1 unspecified atom stereocenters. The SMILES string of the molecule is CC(=O)C(C)CC[C@@]1(C(=O)O[C@@H]2O[C@H](CO)[C@@H](O)[C@H](O)[C@H]2O)C=C2[C@H](O)C[C@@H]3[C@@]4(C)C[C@@H](O)[C@H](O)[C@@](C)(CO)[C@@H]4CC[C@@]3(C)[C@]2(C)CC1. The number of hydrogen-bond donors (Lipinski definition) is 8. The van der Waals surface area contributed by atoms with Gasteiger partial charge >= 0.3 is 5.97 Å². The number of Topliss-reactive ketones (excluding diaryl/α,β-unsaturated/α-hetero) is 1. The van der Waals surface area contributed by atoms with Gasteiger partial charge in [0.05, 0.1) is 36.9 Å². The van der Waals surface area contributed by atoms with Gasteiger partial charge in [-0.25, -0.2) is 0 Å².